The van der Waals surface area contributed by atoms with Crippen LogP contribution in [-0.4, -0.2) is 0 Å². The Labute approximate surface area is 115 Å². The largest absolute Gasteiger partial charge is 0.515 e. The molecule has 3 heteroatoms. The molecule has 0 atom stereocenters. The average molecular weight is 278 g/mol. The van der Waals surface area contributed by atoms with Crippen molar-refractivity contribution in [3.8, 4) is 0 Å². The van der Waals surface area contributed by atoms with E-state index in [1.807, 2.05) is 32.0 Å². The summed E-state index contributed by atoms with van der Waals surface area (Å²) in [4.78, 5) is 11.0. The van der Waals surface area contributed by atoms with Crippen LogP contribution >= 0.6 is 0 Å². The summed E-state index contributed by atoms with van der Waals surface area (Å²) >= 11 is 0. The second-order valence-corrected chi connectivity index (χ2v) is 2.64. The molecule has 1 heterocycles. The zero-order valence-electron chi connectivity index (χ0n) is 9.20. The van der Waals surface area contributed by atoms with E-state index in [-0.39, 0.29) is 38.3 Å². The first-order valence-corrected chi connectivity index (χ1v) is 4.69. The van der Waals surface area contributed by atoms with Gasteiger partial charge in [-0.05, 0) is 0 Å². The maximum absolute atomic E-state index is 11.0. The summed E-state index contributed by atoms with van der Waals surface area (Å²) in [6, 6.07) is 10.3. The van der Waals surface area contributed by atoms with Gasteiger partial charge in [0.1, 0.15) is 0 Å². The minimum absolute atomic E-state index is 0. The van der Waals surface area contributed by atoms with E-state index in [0.29, 0.717) is 11.1 Å². The predicted octanol–water partition coefficient (Wildman–Crippen LogP) is 2.93. The van der Waals surface area contributed by atoms with Crippen molar-refractivity contribution in [1.29, 1.82) is 0 Å². The third kappa shape index (κ3) is 3.55. The molecular formula is C12H13O2Y-. The zero-order valence-corrected chi connectivity index (χ0v) is 12.0. The summed E-state index contributed by atoms with van der Waals surface area (Å²) in [5.74, 6) is 0. The van der Waals surface area contributed by atoms with Crippen LogP contribution in [0.4, 0.5) is 0 Å². The van der Waals surface area contributed by atoms with Crippen molar-refractivity contribution in [1.82, 2.24) is 0 Å². The summed E-state index contributed by atoms with van der Waals surface area (Å²) in [7, 11) is 0. The molecule has 2 nitrogen and oxygen atoms in total. The van der Waals surface area contributed by atoms with Gasteiger partial charge in [0, 0.05) is 38.3 Å². The topological polar surface area (TPSA) is 30.2 Å². The third-order valence-electron chi connectivity index (χ3n) is 1.72. The van der Waals surface area contributed by atoms with Gasteiger partial charge in [-0.1, -0.05) is 38.5 Å². The number of benzene rings is 1. The average Bonchev–Trinajstić information content (AvgIpc) is 2.23. The molecule has 1 radical (unpaired) electrons. The van der Waals surface area contributed by atoms with Gasteiger partial charge in [-0.25, -0.2) is 0 Å². The minimum atomic E-state index is -0.311. The Kier molecular flexibility index (Phi) is 6.70. The Hall–Kier alpha value is -0.466. The van der Waals surface area contributed by atoms with E-state index in [1.165, 1.54) is 0 Å². The van der Waals surface area contributed by atoms with Crippen LogP contribution in [0, 0.1) is 13.0 Å². The molecule has 0 amide bonds. The van der Waals surface area contributed by atoms with Gasteiger partial charge in [-0.2, -0.15) is 0 Å². The number of hydrogen-bond acceptors (Lipinski definition) is 2. The van der Waals surface area contributed by atoms with Crippen LogP contribution in [0.3, 0.4) is 0 Å². The molecule has 0 aliphatic heterocycles. The van der Waals surface area contributed by atoms with Crippen LogP contribution in [0.15, 0.2) is 33.5 Å². The quantitative estimate of drug-likeness (QED) is 0.548. The Morgan fingerprint density at radius 2 is 1.80 bits per heavy atom. The molecule has 0 unspecified atom stereocenters. The number of aryl methyl sites for hydroxylation is 1. The molecule has 2 rings (SSSR count). The maximum Gasteiger partial charge on any atom is 0.251 e. The number of hydrogen-bond donors (Lipinski definition) is 0. The Morgan fingerprint density at radius 3 is 2.47 bits per heavy atom. The second kappa shape index (κ2) is 6.92. The molecular weight excluding hydrogens is 265 g/mol. The third-order valence-corrected chi connectivity index (χ3v) is 1.72. The van der Waals surface area contributed by atoms with Gasteiger partial charge in [0.05, 0.1) is 0 Å². The van der Waals surface area contributed by atoms with Gasteiger partial charge in [0.2, 0.25) is 0 Å². The molecule has 0 aliphatic rings. The van der Waals surface area contributed by atoms with E-state index in [1.54, 1.807) is 13.0 Å². The molecule has 0 bridgehead atoms. The second-order valence-electron chi connectivity index (χ2n) is 2.64. The first kappa shape index (κ1) is 14.5. The van der Waals surface area contributed by atoms with Crippen LogP contribution < -0.4 is 5.63 Å². The fraction of sp³-hybridized carbons (Fsp3) is 0.250. The van der Waals surface area contributed by atoms with Gasteiger partial charge >= 0.3 is 0 Å². The van der Waals surface area contributed by atoms with Gasteiger partial charge in [-0.3, -0.25) is 0 Å². The van der Waals surface area contributed by atoms with Crippen molar-refractivity contribution in [3.05, 3.63) is 46.3 Å². The predicted molar refractivity (Wildman–Crippen MR) is 57.4 cm³/mol. The normalized spacial score (nSPS) is 8.73. The van der Waals surface area contributed by atoms with Crippen molar-refractivity contribution < 1.29 is 37.1 Å². The van der Waals surface area contributed by atoms with Gasteiger partial charge in [-0.15, -0.1) is 23.6 Å². The van der Waals surface area contributed by atoms with Crippen molar-refractivity contribution in [3.63, 3.8) is 0 Å². The summed E-state index contributed by atoms with van der Waals surface area (Å²) in [5, 5.41) is 0.842. The van der Waals surface area contributed by atoms with Gasteiger partial charge in [0.25, 0.3) is 5.63 Å². The Bertz CT molecular complexity index is 474. The molecule has 1 aromatic heterocycles. The van der Waals surface area contributed by atoms with Gasteiger partial charge in [0.15, 0.2) is 0 Å². The first-order chi connectivity index (χ1) is 6.77. The summed E-state index contributed by atoms with van der Waals surface area (Å²) in [6.07, 6.45) is 0. The van der Waals surface area contributed by atoms with E-state index in [2.05, 4.69) is 6.07 Å². The smallest absolute Gasteiger partial charge is 0.251 e. The van der Waals surface area contributed by atoms with Crippen molar-refractivity contribution in [2.45, 2.75) is 20.8 Å². The van der Waals surface area contributed by atoms with Crippen LogP contribution in [0.2, 0.25) is 0 Å². The fourth-order valence-corrected chi connectivity index (χ4v) is 1.09. The van der Waals surface area contributed by atoms with E-state index >= 15 is 0 Å². The molecule has 0 fully saturated rings. The van der Waals surface area contributed by atoms with E-state index < -0.39 is 0 Å². The van der Waals surface area contributed by atoms with Crippen molar-refractivity contribution in [2.24, 2.45) is 0 Å². The minimum Gasteiger partial charge on any atom is -0.515 e. The van der Waals surface area contributed by atoms with E-state index in [0.717, 1.165) is 5.39 Å². The first-order valence-electron chi connectivity index (χ1n) is 4.69. The zero-order chi connectivity index (χ0) is 10.6. The summed E-state index contributed by atoms with van der Waals surface area (Å²) < 4.78 is 5.01. The molecule has 1 aromatic carbocycles. The molecule has 77 valence electrons. The van der Waals surface area contributed by atoms with E-state index in [9.17, 15) is 4.79 Å². The molecule has 2 aromatic rings. The summed E-state index contributed by atoms with van der Waals surface area (Å²) in [5.41, 5.74) is 0.801. The molecule has 0 N–H and O–H groups in total. The Morgan fingerprint density at radius 1 is 1.20 bits per heavy atom. The number of fused-ring (bicyclic) bond motifs is 1. The maximum atomic E-state index is 11.0. The van der Waals surface area contributed by atoms with Crippen molar-refractivity contribution >= 4 is 11.0 Å². The molecule has 15 heavy (non-hydrogen) atoms. The van der Waals surface area contributed by atoms with Crippen LogP contribution in [0.5, 0.6) is 0 Å². The number of para-hydroxylation sites is 1. The van der Waals surface area contributed by atoms with Crippen LogP contribution in [-0.2, 0) is 32.7 Å². The Balaban J connectivity index is 0.000000617. The van der Waals surface area contributed by atoms with Crippen LogP contribution in [0.1, 0.15) is 19.4 Å². The van der Waals surface area contributed by atoms with Crippen LogP contribution in [0.25, 0.3) is 11.0 Å². The van der Waals surface area contributed by atoms with Gasteiger partial charge < -0.3 is 9.21 Å². The number of rotatable bonds is 0. The monoisotopic (exact) mass is 278 g/mol. The summed E-state index contributed by atoms with van der Waals surface area (Å²) in [6.45, 7) is 5.69. The molecule has 0 saturated heterocycles. The van der Waals surface area contributed by atoms with Crippen molar-refractivity contribution in [2.75, 3.05) is 0 Å². The molecule has 0 saturated carbocycles. The molecule has 0 aliphatic carbocycles. The van der Waals surface area contributed by atoms with E-state index in [4.69, 9.17) is 4.42 Å². The SMILES string of the molecule is CC.Cc1[c-]c2ccccc2oc1=O.[Y]. The molecule has 0 spiro atoms. The standard InChI is InChI=1S/C10H7O2.C2H6.Y/c1-7-6-8-4-2-3-5-9(8)12-10(7)11;1-2;/h2-5H,1H3;1-2H3;/q-1;;. The fourth-order valence-electron chi connectivity index (χ4n) is 1.09.